The Bertz CT molecular complexity index is 851. The number of nitrogens with one attached hydrogen (secondary N) is 2. The Labute approximate surface area is 139 Å². The largest absolute Gasteiger partial charge is 0.417 e. The zero-order valence-corrected chi connectivity index (χ0v) is 14.3. The number of H-pyrrole nitrogens is 1. The minimum Gasteiger partial charge on any atom is -0.408 e. The van der Waals surface area contributed by atoms with Gasteiger partial charge < -0.3 is 9.15 Å². The average Bonchev–Trinajstić information content (AvgIpc) is 2.94. The first kappa shape index (κ1) is 17.2. The fourth-order valence-electron chi connectivity index (χ4n) is 2.73. The van der Waals surface area contributed by atoms with Crippen molar-refractivity contribution in [3.8, 4) is 0 Å². The van der Waals surface area contributed by atoms with Crippen LogP contribution < -0.4 is 10.5 Å². The quantitative estimate of drug-likeness (QED) is 0.782. The average molecular weight is 355 g/mol. The monoisotopic (exact) mass is 355 g/mol. The van der Waals surface area contributed by atoms with Crippen molar-refractivity contribution in [2.24, 2.45) is 0 Å². The van der Waals surface area contributed by atoms with Crippen LogP contribution in [0.2, 0.25) is 0 Å². The van der Waals surface area contributed by atoms with E-state index in [-0.39, 0.29) is 16.5 Å². The number of fused-ring (bicyclic) bond motifs is 1. The van der Waals surface area contributed by atoms with Gasteiger partial charge in [0.05, 0.1) is 23.6 Å². The van der Waals surface area contributed by atoms with Gasteiger partial charge in [0.2, 0.25) is 10.0 Å². The lowest BCUT2D eigenvalue weighted by Gasteiger charge is -2.30. The summed E-state index contributed by atoms with van der Waals surface area (Å²) in [4.78, 5) is 16.0. The lowest BCUT2D eigenvalue weighted by atomic mass is 10.2. The lowest BCUT2D eigenvalue weighted by Crippen LogP contribution is -2.47. The van der Waals surface area contributed by atoms with E-state index in [2.05, 4.69) is 14.6 Å². The van der Waals surface area contributed by atoms with Crippen LogP contribution in [0.15, 0.2) is 32.3 Å². The molecule has 2 heterocycles. The third-order valence-electron chi connectivity index (χ3n) is 4.10. The second-order valence-electron chi connectivity index (χ2n) is 5.81. The fourth-order valence-corrected chi connectivity index (χ4v) is 4.05. The third-order valence-corrected chi connectivity index (χ3v) is 5.62. The SMILES string of the molecule is CCC(CN1CCOCC1)NS(=O)(=O)c1ccc2[nH]c(=O)oc2c1. The fraction of sp³-hybridized carbons (Fsp3) is 0.533. The molecule has 3 rings (SSSR count). The Kier molecular flexibility index (Phi) is 5.04. The van der Waals surface area contributed by atoms with Crippen LogP contribution in [0.25, 0.3) is 11.1 Å². The van der Waals surface area contributed by atoms with Gasteiger partial charge in [-0.3, -0.25) is 9.88 Å². The Hall–Kier alpha value is -1.68. The van der Waals surface area contributed by atoms with Crippen molar-refractivity contribution in [2.75, 3.05) is 32.8 Å². The molecular weight excluding hydrogens is 334 g/mol. The van der Waals surface area contributed by atoms with Gasteiger partial charge in [0.25, 0.3) is 0 Å². The molecule has 2 aromatic rings. The van der Waals surface area contributed by atoms with Crippen molar-refractivity contribution in [2.45, 2.75) is 24.3 Å². The van der Waals surface area contributed by atoms with Crippen molar-refractivity contribution in [1.82, 2.24) is 14.6 Å². The maximum Gasteiger partial charge on any atom is 0.417 e. The van der Waals surface area contributed by atoms with Crippen LogP contribution in [-0.2, 0) is 14.8 Å². The summed E-state index contributed by atoms with van der Waals surface area (Å²) in [5, 5.41) is 0. The molecule has 1 aromatic carbocycles. The normalized spacial score (nSPS) is 18.0. The molecular formula is C15H21N3O5S. The van der Waals surface area contributed by atoms with E-state index >= 15 is 0 Å². The van der Waals surface area contributed by atoms with Crippen molar-refractivity contribution >= 4 is 21.1 Å². The Morgan fingerprint density at radius 2 is 2.08 bits per heavy atom. The smallest absolute Gasteiger partial charge is 0.408 e. The predicted molar refractivity (Wildman–Crippen MR) is 88.5 cm³/mol. The highest BCUT2D eigenvalue weighted by atomic mass is 32.2. The van der Waals surface area contributed by atoms with Crippen LogP contribution in [0, 0.1) is 0 Å². The van der Waals surface area contributed by atoms with E-state index in [0.29, 0.717) is 31.7 Å². The Morgan fingerprint density at radius 1 is 1.33 bits per heavy atom. The molecule has 0 radical (unpaired) electrons. The zero-order chi connectivity index (χ0) is 17.2. The second kappa shape index (κ2) is 7.06. The van der Waals surface area contributed by atoms with Crippen LogP contribution in [0.3, 0.4) is 0 Å². The summed E-state index contributed by atoms with van der Waals surface area (Å²) in [5.41, 5.74) is 0.698. The van der Waals surface area contributed by atoms with E-state index in [1.54, 1.807) is 0 Å². The number of aromatic nitrogens is 1. The van der Waals surface area contributed by atoms with E-state index < -0.39 is 15.8 Å². The van der Waals surface area contributed by atoms with E-state index in [1.165, 1.54) is 18.2 Å². The van der Waals surface area contributed by atoms with Crippen molar-refractivity contribution in [3.63, 3.8) is 0 Å². The Balaban J connectivity index is 1.75. The molecule has 0 bridgehead atoms. The number of hydrogen-bond donors (Lipinski definition) is 2. The zero-order valence-electron chi connectivity index (χ0n) is 13.4. The first-order chi connectivity index (χ1) is 11.5. The van der Waals surface area contributed by atoms with E-state index in [1.807, 2.05) is 6.92 Å². The standard InChI is InChI=1S/C15H21N3O5S/c1-2-11(10-18-5-7-22-8-6-18)17-24(20,21)12-3-4-13-14(9-12)23-15(19)16-13/h3-4,9,11,17H,2,5-8,10H2,1H3,(H,16,19). The summed E-state index contributed by atoms with van der Waals surface area (Å²) in [7, 11) is -3.69. The first-order valence-electron chi connectivity index (χ1n) is 7.93. The molecule has 2 N–H and O–H groups in total. The summed E-state index contributed by atoms with van der Waals surface area (Å²) < 4.78 is 38.2. The number of hydrogen-bond acceptors (Lipinski definition) is 6. The van der Waals surface area contributed by atoms with E-state index in [4.69, 9.17) is 9.15 Å². The molecule has 0 spiro atoms. The van der Waals surface area contributed by atoms with E-state index in [9.17, 15) is 13.2 Å². The van der Waals surface area contributed by atoms with Crippen LogP contribution in [0.4, 0.5) is 0 Å². The molecule has 0 aliphatic carbocycles. The minimum absolute atomic E-state index is 0.0816. The van der Waals surface area contributed by atoms with Gasteiger partial charge >= 0.3 is 5.76 Å². The maximum atomic E-state index is 12.6. The van der Waals surface area contributed by atoms with Crippen LogP contribution in [0.1, 0.15) is 13.3 Å². The molecule has 1 aliphatic rings. The molecule has 1 fully saturated rings. The van der Waals surface area contributed by atoms with Gasteiger partial charge in [0.1, 0.15) is 0 Å². The van der Waals surface area contributed by atoms with Gasteiger partial charge in [0.15, 0.2) is 5.58 Å². The first-order valence-corrected chi connectivity index (χ1v) is 9.41. The summed E-state index contributed by atoms with van der Waals surface area (Å²) in [6.07, 6.45) is 0.679. The molecule has 1 aliphatic heterocycles. The number of oxazole rings is 1. The molecule has 0 amide bonds. The van der Waals surface area contributed by atoms with Gasteiger partial charge in [-0.05, 0) is 18.6 Å². The van der Waals surface area contributed by atoms with Gasteiger partial charge in [0, 0.05) is 31.7 Å². The maximum absolute atomic E-state index is 12.6. The van der Waals surface area contributed by atoms with Gasteiger partial charge in [-0.25, -0.2) is 17.9 Å². The summed E-state index contributed by atoms with van der Waals surface area (Å²) >= 11 is 0. The van der Waals surface area contributed by atoms with Crippen LogP contribution >= 0.6 is 0 Å². The van der Waals surface area contributed by atoms with Gasteiger partial charge in [-0.2, -0.15) is 0 Å². The lowest BCUT2D eigenvalue weighted by molar-refractivity contribution is 0.0344. The number of sulfonamides is 1. The molecule has 1 atom stereocenters. The molecule has 24 heavy (non-hydrogen) atoms. The highest BCUT2D eigenvalue weighted by molar-refractivity contribution is 7.89. The number of aromatic amines is 1. The molecule has 1 unspecified atom stereocenters. The number of rotatable bonds is 6. The summed E-state index contributed by atoms with van der Waals surface area (Å²) in [6, 6.07) is 4.15. The van der Waals surface area contributed by atoms with Crippen LogP contribution in [-0.4, -0.2) is 57.2 Å². The van der Waals surface area contributed by atoms with Crippen molar-refractivity contribution < 1.29 is 17.6 Å². The predicted octanol–water partition coefficient (Wildman–Crippen LogP) is 0.510. The second-order valence-corrected chi connectivity index (χ2v) is 7.53. The number of nitrogens with zero attached hydrogens (tertiary/aromatic N) is 1. The molecule has 1 saturated heterocycles. The van der Waals surface area contributed by atoms with Gasteiger partial charge in [-0.1, -0.05) is 6.92 Å². The summed E-state index contributed by atoms with van der Waals surface area (Å²) in [6.45, 7) is 5.54. The highest BCUT2D eigenvalue weighted by Gasteiger charge is 2.22. The molecule has 0 saturated carbocycles. The topological polar surface area (TPSA) is 105 Å². The summed E-state index contributed by atoms with van der Waals surface area (Å²) in [5.74, 6) is -0.605. The number of benzene rings is 1. The minimum atomic E-state index is -3.69. The number of morpholine rings is 1. The van der Waals surface area contributed by atoms with Crippen molar-refractivity contribution in [1.29, 1.82) is 0 Å². The molecule has 132 valence electrons. The molecule has 9 heteroatoms. The van der Waals surface area contributed by atoms with Crippen LogP contribution in [0.5, 0.6) is 0 Å². The third kappa shape index (κ3) is 3.86. The molecule has 1 aromatic heterocycles. The van der Waals surface area contributed by atoms with Crippen molar-refractivity contribution in [3.05, 3.63) is 28.7 Å². The van der Waals surface area contributed by atoms with Gasteiger partial charge in [-0.15, -0.1) is 0 Å². The van der Waals surface area contributed by atoms with E-state index in [0.717, 1.165) is 13.1 Å². The highest BCUT2D eigenvalue weighted by Crippen LogP contribution is 2.17. The Morgan fingerprint density at radius 3 is 2.79 bits per heavy atom. The number of ether oxygens (including phenoxy) is 1. The molecule has 8 nitrogen and oxygen atoms in total.